The lowest BCUT2D eigenvalue weighted by atomic mass is 10.1. The van der Waals surface area contributed by atoms with Gasteiger partial charge in [0, 0.05) is 12.1 Å². The van der Waals surface area contributed by atoms with Crippen molar-refractivity contribution < 1.29 is 44.0 Å². The number of carbonyl (C=O) groups excluding carboxylic acids is 2. The van der Waals surface area contributed by atoms with Crippen molar-refractivity contribution in [2.75, 3.05) is 31.4 Å². The van der Waals surface area contributed by atoms with Crippen LogP contribution in [-0.2, 0) is 34.0 Å². The molecule has 0 aromatic heterocycles. The van der Waals surface area contributed by atoms with E-state index in [9.17, 15) is 24.9 Å². The zero-order valence-electron chi connectivity index (χ0n) is 22.3. The molecule has 4 rings (SSSR count). The topological polar surface area (TPSA) is 173 Å². The first kappa shape index (κ1) is 29.6. The molecule has 6 N–H and O–H groups in total. The Hall–Kier alpha value is -4.36. The highest BCUT2D eigenvalue weighted by molar-refractivity contribution is 5.89. The molecule has 1 heterocycles. The average molecular weight is 568 g/mol. The van der Waals surface area contributed by atoms with E-state index in [-0.39, 0.29) is 38.1 Å². The number of nitrogens with two attached hydrogens (primary N) is 1. The van der Waals surface area contributed by atoms with Gasteiger partial charge in [-0.3, -0.25) is 4.79 Å². The van der Waals surface area contributed by atoms with Gasteiger partial charge in [-0.05, 0) is 66.1 Å². The van der Waals surface area contributed by atoms with Crippen LogP contribution < -0.4 is 25.6 Å². The molecule has 218 valence electrons. The summed E-state index contributed by atoms with van der Waals surface area (Å²) in [6, 6.07) is 16.2. The smallest absolute Gasteiger partial charge is 0.352 e. The highest BCUT2D eigenvalue weighted by atomic mass is 16.7. The number of ether oxygens (including phenoxy) is 3. The number of phenols is 1. The first-order valence-corrected chi connectivity index (χ1v) is 13.0. The van der Waals surface area contributed by atoms with Crippen LogP contribution in [0.5, 0.6) is 17.2 Å². The van der Waals surface area contributed by atoms with Crippen LogP contribution in [0.1, 0.15) is 28.4 Å². The van der Waals surface area contributed by atoms with E-state index < -0.39 is 12.1 Å². The first-order chi connectivity index (χ1) is 19.9. The molecule has 2 atom stereocenters. The molecule has 12 heteroatoms. The van der Waals surface area contributed by atoms with E-state index >= 15 is 0 Å². The molecule has 0 radical (unpaired) electrons. The summed E-state index contributed by atoms with van der Waals surface area (Å²) in [4.78, 5) is 26.8. The van der Waals surface area contributed by atoms with Gasteiger partial charge in [0.15, 0.2) is 17.6 Å². The normalized spacial score (nSPS) is 14.7. The van der Waals surface area contributed by atoms with Crippen molar-refractivity contribution in [2.24, 2.45) is 5.73 Å². The van der Waals surface area contributed by atoms with Crippen LogP contribution in [0.2, 0.25) is 0 Å². The maximum Gasteiger partial charge on any atom is 0.352 e. The van der Waals surface area contributed by atoms with E-state index in [0.717, 1.165) is 11.1 Å². The number of primary amides is 1. The zero-order valence-corrected chi connectivity index (χ0v) is 22.3. The molecule has 0 aliphatic carbocycles. The molecule has 1 aliphatic heterocycles. The van der Waals surface area contributed by atoms with Gasteiger partial charge in [-0.2, -0.15) is 0 Å². The molecule has 1 aliphatic rings. The number of hydrogen-bond acceptors (Lipinski definition) is 10. The number of carbonyl (C=O) groups is 2. The van der Waals surface area contributed by atoms with Crippen molar-refractivity contribution in [1.82, 2.24) is 5.32 Å². The number of rotatable bonds is 14. The summed E-state index contributed by atoms with van der Waals surface area (Å²) in [7, 11) is 0. The van der Waals surface area contributed by atoms with E-state index in [1.807, 2.05) is 18.2 Å². The van der Waals surface area contributed by atoms with Gasteiger partial charge < -0.3 is 45.4 Å². The number of anilines is 1. The number of hydrogen-bond donors (Lipinski definition) is 5. The van der Waals surface area contributed by atoms with Gasteiger partial charge in [0.05, 0.1) is 31.6 Å². The van der Waals surface area contributed by atoms with E-state index in [0.29, 0.717) is 59.5 Å². The summed E-state index contributed by atoms with van der Waals surface area (Å²) < 4.78 is 17.7. The summed E-state index contributed by atoms with van der Waals surface area (Å²) in [5.74, 6) is 1.26. The minimum absolute atomic E-state index is 0.00493. The maximum absolute atomic E-state index is 11.5. The van der Waals surface area contributed by atoms with Crippen LogP contribution in [0, 0.1) is 0 Å². The van der Waals surface area contributed by atoms with Gasteiger partial charge in [0.25, 0.3) is 0 Å². The zero-order chi connectivity index (χ0) is 29.2. The molecular formula is C29H33N3O9. The predicted molar refractivity (Wildman–Crippen MR) is 147 cm³/mol. The Bertz CT molecular complexity index is 1340. The van der Waals surface area contributed by atoms with Crippen LogP contribution in [0.15, 0.2) is 60.7 Å². The Kier molecular flexibility index (Phi) is 10.3. The standard InChI is InChI=1S/C29H33N3O9/c30-29(37)32(40-18-34)23-3-1-2-20(10-23)15-38-16-24-17-39-27-7-4-19(11-28(27)41-24)8-9-31-13-26(36)21-5-6-25(35)22(12-21)14-33/h1-7,10-12,18,24,26,31,33,35-36H,8-9,13-17H2,(H2,30,37)/t24-,26+/m1/s1. The number of fused-ring (bicyclic) bond motifs is 1. The third-order valence-electron chi connectivity index (χ3n) is 6.38. The number of amides is 2. The number of nitrogens with one attached hydrogen (secondary N) is 1. The molecule has 0 spiro atoms. The number of urea groups is 1. The Morgan fingerprint density at radius 1 is 1.15 bits per heavy atom. The molecule has 41 heavy (non-hydrogen) atoms. The Labute approximate surface area is 236 Å². The first-order valence-electron chi connectivity index (χ1n) is 13.0. The molecular weight excluding hydrogens is 534 g/mol. The average Bonchev–Trinajstić information content (AvgIpc) is 2.98. The fourth-order valence-corrected chi connectivity index (χ4v) is 4.29. The SMILES string of the molecule is NC(=O)N(OC=O)c1cccc(COC[C@@H]2COc3ccc(CCNC[C@H](O)c4ccc(O)c(CO)c4)cc3O2)c1. The minimum Gasteiger partial charge on any atom is -0.508 e. The van der Waals surface area contributed by atoms with Gasteiger partial charge in [0.1, 0.15) is 12.4 Å². The Morgan fingerprint density at radius 2 is 2.00 bits per heavy atom. The van der Waals surface area contributed by atoms with Crippen molar-refractivity contribution in [1.29, 1.82) is 0 Å². The van der Waals surface area contributed by atoms with Crippen LogP contribution in [0.4, 0.5) is 10.5 Å². The molecule has 2 amide bonds. The van der Waals surface area contributed by atoms with E-state index in [4.69, 9.17) is 19.9 Å². The number of aliphatic hydroxyl groups excluding tert-OH is 2. The molecule has 0 bridgehead atoms. The summed E-state index contributed by atoms with van der Waals surface area (Å²) in [5.41, 5.74) is 8.28. The monoisotopic (exact) mass is 567 g/mol. The second kappa shape index (κ2) is 14.3. The summed E-state index contributed by atoms with van der Waals surface area (Å²) in [5, 5.41) is 33.3. The highest BCUT2D eigenvalue weighted by Gasteiger charge is 2.22. The number of aromatic hydroxyl groups is 1. The van der Waals surface area contributed by atoms with Crippen molar-refractivity contribution in [3.8, 4) is 17.2 Å². The van der Waals surface area contributed by atoms with Gasteiger partial charge in [0.2, 0.25) is 0 Å². The Morgan fingerprint density at radius 3 is 2.78 bits per heavy atom. The molecule has 3 aromatic carbocycles. The predicted octanol–water partition coefficient (Wildman–Crippen LogP) is 2.08. The highest BCUT2D eigenvalue weighted by Crippen LogP contribution is 2.33. The lowest BCUT2D eigenvalue weighted by molar-refractivity contribution is -0.128. The van der Waals surface area contributed by atoms with E-state index in [1.165, 1.54) is 6.07 Å². The fraction of sp³-hybridized carbons (Fsp3) is 0.310. The van der Waals surface area contributed by atoms with Crippen LogP contribution >= 0.6 is 0 Å². The van der Waals surface area contributed by atoms with Crippen molar-refractivity contribution in [2.45, 2.75) is 31.8 Å². The third kappa shape index (κ3) is 8.08. The van der Waals surface area contributed by atoms with Crippen molar-refractivity contribution in [3.05, 3.63) is 82.9 Å². The number of aliphatic hydroxyl groups is 2. The van der Waals surface area contributed by atoms with Crippen molar-refractivity contribution >= 4 is 18.2 Å². The molecule has 0 unspecified atom stereocenters. The maximum atomic E-state index is 11.5. The van der Waals surface area contributed by atoms with Crippen LogP contribution in [0.25, 0.3) is 0 Å². The number of nitrogens with zero attached hydrogens (tertiary/aromatic N) is 1. The second-order valence-corrected chi connectivity index (χ2v) is 9.37. The minimum atomic E-state index is -0.930. The lowest BCUT2D eigenvalue weighted by Gasteiger charge is -2.27. The van der Waals surface area contributed by atoms with Gasteiger partial charge in [-0.15, -0.1) is 5.06 Å². The molecule has 3 aromatic rings. The largest absolute Gasteiger partial charge is 0.508 e. The summed E-state index contributed by atoms with van der Waals surface area (Å²) >= 11 is 0. The van der Waals surface area contributed by atoms with Gasteiger partial charge in [-0.25, -0.2) is 4.79 Å². The third-order valence-corrected chi connectivity index (χ3v) is 6.38. The molecule has 12 nitrogen and oxygen atoms in total. The number of hydroxylamine groups is 1. The fourth-order valence-electron chi connectivity index (χ4n) is 4.29. The quantitative estimate of drug-likeness (QED) is 0.110. The van der Waals surface area contributed by atoms with E-state index in [2.05, 4.69) is 10.2 Å². The molecule has 0 saturated heterocycles. The lowest BCUT2D eigenvalue weighted by Crippen LogP contribution is -2.35. The number of benzene rings is 3. The molecule has 0 fully saturated rings. The Balaban J connectivity index is 1.23. The second-order valence-electron chi connectivity index (χ2n) is 9.37. The van der Waals surface area contributed by atoms with E-state index in [1.54, 1.807) is 36.4 Å². The van der Waals surface area contributed by atoms with Crippen LogP contribution in [0.3, 0.4) is 0 Å². The molecule has 0 saturated carbocycles. The summed E-state index contributed by atoms with van der Waals surface area (Å²) in [6.45, 7) is 1.54. The van der Waals surface area contributed by atoms with Gasteiger partial charge >= 0.3 is 12.5 Å². The van der Waals surface area contributed by atoms with Gasteiger partial charge in [-0.1, -0.05) is 24.3 Å². The summed E-state index contributed by atoms with van der Waals surface area (Å²) in [6.07, 6.45) is -0.422. The van der Waals surface area contributed by atoms with Crippen LogP contribution in [-0.4, -0.2) is 60.2 Å². The van der Waals surface area contributed by atoms with Crippen molar-refractivity contribution in [3.63, 3.8) is 0 Å².